The van der Waals surface area contributed by atoms with Crippen molar-refractivity contribution in [2.75, 3.05) is 0 Å². The topological polar surface area (TPSA) is 75.3 Å². The maximum Gasteiger partial charge on any atom is 0.356 e. The minimum atomic E-state index is -1.09. The summed E-state index contributed by atoms with van der Waals surface area (Å²) in [6, 6.07) is 5.17. The van der Waals surface area contributed by atoms with E-state index in [1.807, 2.05) is 12.1 Å². The number of halogens is 1. The smallest absolute Gasteiger partial charge is 0.356 e. The summed E-state index contributed by atoms with van der Waals surface area (Å²) in [5.41, 5.74) is 2.12. The number of carbonyl (C=O) groups is 1. The number of carboxylic acids is 1. The average molecular weight is 339 g/mol. The fraction of sp³-hybridized carbons (Fsp3) is 0.286. The van der Waals surface area contributed by atoms with Crippen LogP contribution in [0.25, 0.3) is 11.3 Å². The molecule has 1 aromatic carbocycles. The molecule has 0 amide bonds. The Bertz CT molecular complexity index is 677. The molecule has 0 saturated heterocycles. The van der Waals surface area contributed by atoms with Crippen molar-refractivity contribution in [2.45, 2.75) is 19.8 Å². The van der Waals surface area contributed by atoms with Crippen LogP contribution < -0.4 is 0 Å². The molecule has 5 nitrogen and oxygen atoms in total. The Balaban J connectivity index is 2.65. The summed E-state index contributed by atoms with van der Waals surface area (Å²) >= 11 is 3.33. The van der Waals surface area contributed by atoms with Gasteiger partial charge in [0.15, 0.2) is 5.69 Å². The first-order chi connectivity index (χ1) is 9.31. The monoisotopic (exact) mass is 338 g/mol. The lowest BCUT2D eigenvalue weighted by molar-refractivity contribution is 0.0689. The number of phenols is 1. The molecule has 2 rings (SSSR count). The molecule has 0 aliphatic heterocycles. The first kappa shape index (κ1) is 14.6. The van der Waals surface area contributed by atoms with Crippen LogP contribution in [0.2, 0.25) is 0 Å². The van der Waals surface area contributed by atoms with Crippen LogP contribution >= 0.6 is 15.9 Å². The normalized spacial score (nSPS) is 11.1. The zero-order valence-corrected chi connectivity index (χ0v) is 13.0. The molecule has 0 fully saturated rings. The number of carboxylic acid groups (broad SMARTS) is 1. The predicted octanol–water partition coefficient (Wildman–Crippen LogP) is 3.38. The second-order valence-electron chi connectivity index (χ2n) is 4.90. The van der Waals surface area contributed by atoms with Gasteiger partial charge in [0, 0.05) is 12.6 Å². The quantitative estimate of drug-likeness (QED) is 0.899. The predicted molar refractivity (Wildman–Crippen MR) is 79.1 cm³/mol. The van der Waals surface area contributed by atoms with Crippen LogP contribution in [0, 0.1) is 0 Å². The molecule has 0 saturated carbocycles. The molecule has 0 radical (unpaired) electrons. The zero-order chi connectivity index (χ0) is 15.0. The van der Waals surface area contributed by atoms with E-state index in [0.29, 0.717) is 15.7 Å². The van der Waals surface area contributed by atoms with Gasteiger partial charge in [0.1, 0.15) is 5.75 Å². The van der Waals surface area contributed by atoms with Crippen LogP contribution in [0.3, 0.4) is 0 Å². The van der Waals surface area contributed by atoms with Crippen molar-refractivity contribution in [3.63, 3.8) is 0 Å². The number of hydrogen-bond acceptors (Lipinski definition) is 3. The molecule has 1 heterocycles. The molecule has 6 heteroatoms. The molecule has 2 N–H and O–H groups in total. The molecule has 0 atom stereocenters. The number of nitrogens with zero attached hydrogens (tertiary/aromatic N) is 2. The number of aromatic hydroxyl groups is 1. The zero-order valence-electron chi connectivity index (χ0n) is 11.4. The van der Waals surface area contributed by atoms with Crippen LogP contribution in [0.4, 0.5) is 0 Å². The van der Waals surface area contributed by atoms with Crippen LogP contribution in [0.5, 0.6) is 5.75 Å². The molecule has 0 unspecified atom stereocenters. The van der Waals surface area contributed by atoms with Crippen molar-refractivity contribution in [1.29, 1.82) is 0 Å². The molecule has 0 aliphatic rings. The summed E-state index contributed by atoms with van der Waals surface area (Å²) in [6.45, 7) is 4.10. The molecule has 0 bridgehead atoms. The Hall–Kier alpha value is -1.82. The average Bonchev–Trinajstić information content (AvgIpc) is 2.74. The van der Waals surface area contributed by atoms with Gasteiger partial charge in [-0.05, 0) is 45.6 Å². The van der Waals surface area contributed by atoms with Gasteiger partial charge in [0.25, 0.3) is 0 Å². The third-order valence-corrected chi connectivity index (χ3v) is 3.73. The molecule has 20 heavy (non-hydrogen) atoms. The molecule has 1 aromatic heterocycles. The van der Waals surface area contributed by atoms with Crippen molar-refractivity contribution >= 4 is 21.9 Å². The number of rotatable bonds is 3. The lowest BCUT2D eigenvalue weighted by Crippen LogP contribution is -1.99. The first-order valence-electron chi connectivity index (χ1n) is 6.11. The van der Waals surface area contributed by atoms with Gasteiger partial charge < -0.3 is 10.2 Å². The summed E-state index contributed by atoms with van der Waals surface area (Å²) in [5.74, 6) is -0.724. The second kappa shape index (κ2) is 5.28. The lowest BCUT2D eigenvalue weighted by Gasteiger charge is -2.12. The fourth-order valence-corrected chi connectivity index (χ4v) is 2.45. The Morgan fingerprint density at radius 3 is 2.50 bits per heavy atom. The van der Waals surface area contributed by atoms with E-state index in [2.05, 4.69) is 34.9 Å². The van der Waals surface area contributed by atoms with Gasteiger partial charge in [-0.15, -0.1) is 0 Å². The van der Waals surface area contributed by atoms with Crippen LogP contribution in [-0.2, 0) is 7.05 Å². The highest BCUT2D eigenvalue weighted by molar-refractivity contribution is 9.10. The molecule has 2 aromatic rings. The fourth-order valence-electron chi connectivity index (χ4n) is 1.97. The number of phenolic OH excluding ortho intramolecular Hbond substituents is 1. The number of benzene rings is 1. The summed E-state index contributed by atoms with van der Waals surface area (Å²) in [7, 11) is 1.65. The third kappa shape index (κ3) is 2.56. The first-order valence-corrected chi connectivity index (χ1v) is 6.90. The van der Waals surface area contributed by atoms with Gasteiger partial charge in [0.05, 0.1) is 10.2 Å². The van der Waals surface area contributed by atoms with Gasteiger partial charge in [-0.3, -0.25) is 4.68 Å². The van der Waals surface area contributed by atoms with Gasteiger partial charge in [-0.25, -0.2) is 4.79 Å². The van der Waals surface area contributed by atoms with E-state index < -0.39 is 5.97 Å². The van der Waals surface area contributed by atoms with E-state index in [9.17, 15) is 9.90 Å². The summed E-state index contributed by atoms with van der Waals surface area (Å²) in [5, 5.41) is 23.1. The lowest BCUT2D eigenvalue weighted by atomic mass is 9.99. The SMILES string of the molecule is CC(C)c1cc(Br)c(O)c(-c2cc(C(=O)O)nn2C)c1. The largest absolute Gasteiger partial charge is 0.506 e. The van der Waals surface area contributed by atoms with Gasteiger partial charge in [-0.2, -0.15) is 5.10 Å². The van der Waals surface area contributed by atoms with Crippen molar-refractivity contribution < 1.29 is 15.0 Å². The Labute approximate surface area is 125 Å². The molecular formula is C14H15BrN2O3. The van der Waals surface area contributed by atoms with Crippen LogP contribution in [-0.4, -0.2) is 26.0 Å². The van der Waals surface area contributed by atoms with Gasteiger partial charge in [0.2, 0.25) is 0 Å². The van der Waals surface area contributed by atoms with Crippen molar-refractivity contribution in [1.82, 2.24) is 9.78 Å². The molecule has 106 valence electrons. The highest BCUT2D eigenvalue weighted by Crippen LogP contribution is 2.38. The number of aromatic carboxylic acids is 1. The molecule has 0 spiro atoms. The van der Waals surface area contributed by atoms with Crippen LogP contribution in [0.15, 0.2) is 22.7 Å². The Kier molecular flexibility index (Phi) is 3.85. The van der Waals surface area contributed by atoms with E-state index in [4.69, 9.17) is 5.11 Å². The minimum Gasteiger partial charge on any atom is -0.506 e. The standard InChI is InChI=1S/C14H15BrN2O3/c1-7(2)8-4-9(13(18)10(15)5-8)12-6-11(14(19)20)16-17(12)3/h4-7,18H,1-3H3,(H,19,20). The Morgan fingerprint density at radius 2 is 2.00 bits per heavy atom. The maximum absolute atomic E-state index is 11.0. The van der Waals surface area contributed by atoms with E-state index in [0.717, 1.165) is 5.56 Å². The highest BCUT2D eigenvalue weighted by atomic mass is 79.9. The Morgan fingerprint density at radius 1 is 1.35 bits per heavy atom. The van der Waals surface area contributed by atoms with E-state index in [-0.39, 0.29) is 17.4 Å². The van der Waals surface area contributed by atoms with Crippen molar-refractivity contribution in [3.05, 3.63) is 33.9 Å². The summed E-state index contributed by atoms with van der Waals surface area (Å²) in [6.07, 6.45) is 0. The summed E-state index contributed by atoms with van der Waals surface area (Å²) < 4.78 is 2.03. The summed E-state index contributed by atoms with van der Waals surface area (Å²) in [4.78, 5) is 11.0. The van der Waals surface area contributed by atoms with Gasteiger partial charge in [-0.1, -0.05) is 13.8 Å². The maximum atomic E-state index is 11.0. The number of aryl methyl sites for hydroxylation is 1. The molecule has 0 aliphatic carbocycles. The van der Waals surface area contributed by atoms with E-state index >= 15 is 0 Å². The van der Waals surface area contributed by atoms with Crippen molar-refractivity contribution in [2.24, 2.45) is 7.05 Å². The highest BCUT2D eigenvalue weighted by Gasteiger charge is 2.18. The van der Waals surface area contributed by atoms with E-state index in [1.54, 1.807) is 7.05 Å². The number of aromatic nitrogens is 2. The van der Waals surface area contributed by atoms with Gasteiger partial charge >= 0.3 is 5.97 Å². The molecular weight excluding hydrogens is 324 g/mol. The number of hydrogen-bond donors (Lipinski definition) is 2. The van der Waals surface area contributed by atoms with Crippen molar-refractivity contribution in [3.8, 4) is 17.0 Å². The van der Waals surface area contributed by atoms with Crippen LogP contribution in [0.1, 0.15) is 35.8 Å². The second-order valence-corrected chi connectivity index (χ2v) is 5.75. The van der Waals surface area contributed by atoms with E-state index in [1.165, 1.54) is 10.7 Å². The minimum absolute atomic E-state index is 0.0482. The third-order valence-electron chi connectivity index (χ3n) is 3.13.